The molecule has 24 heavy (non-hydrogen) atoms. The summed E-state index contributed by atoms with van der Waals surface area (Å²) in [7, 11) is 0. The molecular formula is C19H22FNO3. The number of ether oxygens (including phenoxy) is 2. The predicted molar refractivity (Wildman–Crippen MR) is 90.9 cm³/mol. The maximum Gasteiger partial charge on any atom is 0.260 e. The highest BCUT2D eigenvalue weighted by molar-refractivity contribution is 5.80. The minimum absolute atomic E-state index is 0.210. The van der Waals surface area contributed by atoms with Crippen LogP contribution >= 0.6 is 0 Å². The lowest BCUT2D eigenvalue weighted by Gasteiger charge is -2.17. The monoisotopic (exact) mass is 331 g/mol. The molecule has 0 aliphatic heterocycles. The van der Waals surface area contributed by atoms with Crippen LogP contribution in [0.15, 0.2) is 42.5 Å². The van der Waals surface area contributed by atoms with Gasteiger partial charge in [-0.3, -0.25) is 4.79 Å². The van der Waals surface area contributed by atoms with Crippen molar-refractivity contribution in [3.8, 4) is 11.5 Å². The van der Waals surface area contributed by atoms with Gasteiger partial charge in [0.2, 0.25) is 0 Å². The van der Waals surface area contributed by atoms with Gasteiger partial charge < -0.3 is 14.8 Å². The van der Waals surface area contributed by atoms with E-state index in [0.29, 0.717) is 24.7 Å². The first kappa shape index (κ1) is 17.8. The molecule has 0 aliphatic carbocycles. The Labute approximate surface area is 141 Å². The molecule has 0 radical (unpaired) electrons. The molecule has 1 amide bonds. The lowest BCUT2D eigenvalue weighted by molar-refractivity contribution is -0.127. The first-order valence-corrected chi connectivity index (χ1v) is 7.86. The highest BCUT2D eigenvalue weighted by Gasteiger charge is 2.15. The van der Waals surface area contributed by atoms with Gasteiger partial charge in [-0.1, -0.05) is 12.1 Å². The summed E-state index contributed by atoms with van der Waals surface area (Å²) < 4.78 is 23.9. The molecule has 0 aromatic heterocycles. The van der Waals surface area contributed by atoms with Gasteiger partial charge in [0.1, 0.15) is 23.9 Å². The number of hydrogen-bond acceptors (Lipinski definition) is 3. The average molecular weight is 331 g/mol. The fourth-order valence-corrected chi connectivity index (χ4v) is 2.11. The van der Waals surface area contributed by atoms with Crippen molar-refractivity contribution in [2.24, 2.45) is 0 Å². The van der Waals surface area contributed by atoms with Crippen LogP contribution in [0.4, 0.5) is 4.39 Å². The van der Waals surface area contributed by atoms with E-state index in [-0.39, 0.29) is 11.7 Å². The standard InChI is InChI=1S/C19H22FNO3/c1-13-5-4-6-18(14(13)2)24-15(3)19(22)21-11-12-23-17-9-7-16(20)8-10-17/h4-10,15H,11-12H2,1-3H3,(H,21,22)/t15-/m0/s1. The van der Waals surface area contributed by atoms with E-state index in [0.717, 1.165) is 11.1 Å². The number of carbonyl (C=O) groups excluding carboxylic acids is 1. The molecule has 0 saturated carbocycles. The number of amides is 1. The molecule has 0 spiro atoms. The zero-order chi connectivity index (χ0) is 17.5. The zero-order valence-corrected chi connectivity index (χ0v) is 14.1. The van der Waals surface area contributed by atoms with E-state index in [1.54, 1.807) is 19.1 Å². The molecule has 0 bridgehead atoms. The topological polar surface area (TPSA) is 47.6 Å². The number of carbonyl (C=O) groups is 1. The van der Waals surface area contributed by atoms with Gasteiger partial charge in [0.15, 0.2) is 6.10 Å². The molecule has 0 heterocycles. The largest absolute Gasteiger partial charge is 0.492 e. The summed E-state index contributed by atoms with van der Waals surface area (Å²) in [6, 6.07) is 11.5. The van der Waals surface area contributed by atoms with Gasteiger partial charge >= 0.3 is 0 Å². The van der Waals surface area contributed by atoms with Crippen molar-refractivity contribution in [2.75, 3.05) is 13.2 Å². The molecular weight excluding hydrogens is 309 g/mol. The summed E-state index contributed by atoms with van der Waals surface area (Å²) in [5, 5.41) is 2.76. The second kappa shape index (κ2) is 8.34. The predicted octanol–water partition coefficient (Wildman–Crippen LogP) is 3.41. The highest BCUT2D eigenvalue weighted by atomic mass is 19.1. The first-order valence-electron chi connectivity index (χ1n) is 7.86. The van der Waals surface area contributed by atoms with Crippen LogP contribution in [0.1, 0.15) is 18.1 Å². The molecule has 128 valence electrons. The summed E-state index contributed by atoms with van der Waals surface area (Å²) in [6.07, 6.45) is -0.601. The van der Waals surface area contributed by atoms with Gasteiger partial charge in [-0.05, 0) is 62.2 Å². The van der Waals surface area contributed by atoms with E-state index in [4.69, 9.17) is 9.47 Å². The summed E-state index contributed by atoms with van der Waals surface area (Å²) in [6.45, 7) is 6.31. The van der Waals surface area contributed by atoms with E-state index < -0.39 is 6.10 Å². The summed E-state index contributed by atoms with van der Waals surface area (Å²) in [4.78, 5) is 12.1. The normalized spacial score (nSPS) is 11.7. The van der Waals surface area contributed by atoms with E-state index in [2.05, 4.69) is 5.32 Å². The number of nitrogens with one attached hydrogen (secondary N) is 1. The van der Waals surface area contributed by atoms with Gasteiger partial charge in [-0.2, -0.15) is 0 Å². The van der Waals surface area contributed by atoms with Crippen LogP contribution in [0.2, 0.25) is 0 Å². The third-order valence-electron chi connectivity index (χ3n) is 3.71. The van der Waals surface area contributed by atoms with Crippen LogP contribution in [0.25, 0.3) is 0 Å². The van der Waals surface area contributed by atoms with Gasteiger partial charge in [0.05, 0.1) is 6.54 Å². The van der Waals surface area contributed by atoms with Crippen LogP contribution < -0.4 is 14.8 Å². The Kier molecular flexibility index (Phi) is 6.18. The molecule has 1 N–H and O–H groups in total. The van der Waals surface area contributed by atoms with Crippen molar-refractivity contribution < 1.29 is 18.7 Å². The number of hydrogen-bond donors (Lipinski definition) is 1. The number of benzene rings is 2. The van der Waals surface area contributed by atoms with Crippen LogP contribution in [-0.4, -0.2) is 25.2 Å². The van der Waals surface area contributed by atoms with Crippen molar-refractivity contribution in [2.45, 2.75) is 26.9 Å². The third kappa shape index (κ3) is 4.98. The molecule has 2 aromatic carbocycles. The van der Waals surface area contributed by atoms with Crippen molar-refractivity contribution in [3.63, 3.8) is 0 Å². The maximum absolute atomic E-state index is 12.8. The Morgan fingerprint density at radius 2 is 1.88 bits per heavy atom. The first-order chi connectivity index (χ1) is 11.5. The third-order valence-corrected chi connectivity index (χ3v) is 3.71. The molecule has 1 atom stereocenters. The lowest BCUT2D eigenvalue weighted by Crippen LogP contribution is -2.38. The molecule has 0 aliphatic rings. The summed E-state index contributed by atoms with van der Waals surface area (Å²) in [5.41, 5.74) is 2.14. The SMILES string of the molecule is Cc1cccc(O[C@@H](C)C(=O)NCCOc2ccc(F)cc2)c1C. The number of halogens is 1. The quantitative estimate of drug-likeness (QED) is 0.791. The lowest BCUT2D eigenvalue weighted by atomic mass is 10.1. The van der Waals surface area contributed by atoms with Crippen molar-refractivity contribution in [1.29, 1.82) is 0 Å². The number of rotatable bonds is 7. The summed E-state index contributed by atoms with van der Waals surface area (Å²) >= 11 is 0. The average Bonchev–Trinajstić information content (AvgIpc) is 2.57. The summed E-state index contributed by atoms with van der Waals surface area (Å²) in [5.74, 6) is 0.747. The van der Waals surface area contributed by atoms with E-state index in [1.165, 1.54) is 12.1 Å². The highest BCUT2D eigenvalue weighted by Crippen LogP contribution is 2.21. The van der Waals surface area contributed by atoms with Crippen LogP contribution in [0.5, 0.6) is 11.5 Å². The molecule has 2 rings (SSSR count). The zero-order valence-electron chi connectivity index (χ0n) is 14.1. The van der Waals surface area contributed by atoms with Crippen LogP contribution in [0, 0.1) is 19.7 Å². The molecule has 2 aromatic rings. The van der Waals surface area contributed by atoms with E-state index in [1.807, 2.05) is 32.0 Å². The van der Waals surface area contributed by atoms with Gasteiger partial charge in [-0.25, -0.2) is 4.39 Å². The maximum atomic E-state index is 12.8. The van der Waals surface area contributed by atoms with Gasteiger partial charge in [-0.15, -0.1) is 0 Å². The molecule has 0 unspecified atom stereocenters. The molecule has 5 heteroatoms. The smallest absolute Gasteiger partial charge is 0.260 e. The van der Waals surface area contributed by atoms with Crippen LogP contribution in [0.3, 0.4) is 0 Å². The minimum atomic E-state index is -0.601. The van der Waals surface area contributed by atoms with Crippen molar-refractivity contribution >= 4 is 5.91 Å². The van der Waals surface area contributed by atoms with E-state index >= 15 is 0 Å². The van der Waals surface area contributed by atoms with Gasteiger partial charge in [0.25, 0.3) is 5.91 Å². The second-order valence-corrected chi connectivity index (χ2v) is 5.55. The molecule has 4 nitrogen and oxygen atoms in total. The van der Waals surface area contributed by atoms with E-state index in [9.17, 15) is 9.18 Å². The fraction of sp³-hybridized carbons (Fsp3) is 0.316. The fourth-order valence-electron chi connectivity index (χ4n) is 2.11. The minimum Gasteiger partial charge on any atom is -0.492 e. The Hall–Kier alpha value is -2.56. The molecule has 0 saturated heterocycles. The van der Waals surface area contributed by atoms with Crippen molar-refractivity contribution in [1.82, 2.24) is 5.32 Å². The van der Waals surface area contributed by atoms with Gasteiger partial charge in [0, 0.05) is 0 Å². The number of aryl methyl sites for hydroxylation is 1. The Morgan fingerprint density at radius 3 is 2.58 bits per heavy atom. The Bertz CT molecular complexity index is 686. The van der Waals surface area contributed by atoms with Crippen LogP contribution in [-0.2, 0) is 4.79 Å². The Balaban J connectivity index is 1.75. The molecule has 0 fully saturated rings. The van der Waals surface area contributed by atoms with Crippen molar-refractivity contribution in [3.05, 3.63) is 59.4 Å². The Morgan fingerprint density at radius 1 is 1.17 bits per heavy atom. The second-order valence-electron chi connectivity index (χ2n) is 5.55.